The van der Waals surface area contributed by atoms with Gasteiger partial charge in [-0.05, 0) is 30.7 Å². The molecule has 0 spiro atoms. The molecule has 0 fully saturated rings. The maximum absolute atomic E-state index is 6.18. The molecule has 2 N–H and O–H groups in total. The molecular weight excluding hydrogens is 296 g/mol. The molecular formula is C17H17ClN4. The fourth-order valence-corrected chi connectivity index (χ4v) is 2.38. The summed E-state index contributed by atoms with van der Waals surface area (Å²) in [6.07, 6.45) is 1.03. The Labute approximate surface area is 134 Å². The van der Waals surface area contributed by atoms with Crippen molar-refractivity contribution in [3.8, 4) is 0 Å². The Bertz CT molecular complexity index is 788. The zero-order chi connectivity index (χ0) is 15.4. The summed E-state index contributed by atoms with van der Waals surface area (Å²) in [5.74, 6) is 1.37. The van der Waals surface area contributed by atoms with Gasteiger partial charge in [-0.1, -0.05) is 42.8 Å². The largest absolute Gasteiger partial charge is 0.369 e. The summed E-state index contributed by atoms with van der Waals surface area (Å²) in [5, 5.41) is 8.20. The van der Waals surface area contributed by atoms with E-state index in [1.807, 2.05) is 48.5 Å². The minimum Gasteiger partial charge on any atom is -0.369 e. The van der Waals surface area contributed by atoms with Crippen molar-refractivity contribution in [2.24, 2.45) is 0 Å². The number of anilines is 3. The van der Waals surface area contributed by atoms with Crippen molar-refractivity contribution in [1.82, 2.24) is 9.97 Å². The molecule has 0 saturated carbocycles. The van der Waals surface area contributed by atoms with E-state index in [4.69, 9.17) is 11.6 Å². The van der Waals surface area contributed by atoms with E-state index in [1.54, 1.807) is 0 Å². The van der Waals surface area contributed by atoms with Crippen LogP contribution in [0.4, 0.5) is 17.5 Å². The molecule has 2 aromatic carbocycles. The Morgan fingerprint density at radius 3 is 2.59 bits per heavy atom. The highest BCUT2D eigenvalue weighted by molar-refractivity contribution is 6.33. The summed E-state index contributed by atoms with van der Waals surface area (Å²) in [6, 6.07) is 15.5. The quantitative estimate of drug-likeness (QED) is 0.707. The maximum Gasteiger partial charge on any atom is 0.229 e. The molecule has 3 rings (SSSR count). The van der Waals surface area contributed by atoms with Crippen molar-refractivity contribution in [2.75, 3.05) is 17.2 Å². The van der Waals surface area contributed by atoms with E-state index >= 15 is 0 Å². The van der Waals surface area contributed by atoms with Crippen LogP contribution in [-0.4, -0.2) is 16.5 Å². The molecule has 0 aliphatic carbocycles. The molecule has 0 saturated heterocycles. The molecule has 0 bridgehead atoms. The van der Waals surface area contributed by atoms with Gasteiger partial charge in [-0.3, -0.25) is 0 Å². The second-order valence-electron chi connectivity index (χ2n) is 4.94. The standard InChI is InChI=1S/C17H17ClN4/c1-2-11-19-16-12-7-3-5-9-14(12)20-17(22-16)21-15-10-6-4-8-13(15)18/h3-10H,2,11H2,1H3,(H2,19,20,21,22). The van der Waals surface area contributed by atoms with Crippen molar-refractivity contribution >= 4 is 40.0 Å². The molecule has 5 heteroatoms. The number of benzene rings is 2. The van der Waals surface area contributed by atoms with Crippen LogP contribution in [0.25, 0.3) is 10.9 Å². The van der Waals surface area contributed by atoms with Crippen LogP contribution in [0.3, 0.4) is 0 Å². The average molecular weight is 313 g/mol. The lowest BCUT2D eigenvalue weighted by molar-refractivity contribution is 0.970. The van der Waals surface area contributed by atoms with Crippen LogP contribution in [0, 0.1) is 0 Å². The summed E-state index contributed by atoms with van der Waals surface area (Å²) in [5.41, 5.74) is 1.69. The molecule has 4 nitrogen and oxygen atoms in total. The zero-order valence-corrected chi connectivity index (χ0v) is 13.1. The maximum atomic E-state index is 6.18. The molecule has 0 unspecified atom stereocenters. The highest BCUT2D eigenvalue weighted by atomic mass is 35.5. The van der Waals surface area contributed by atoms with Gasteiger partial charge in [0.25, 0.3) is 0 Å². The third-order valence-electron chi connectivity index (χ3n) is 3.27. The highest BCUT2D eigenvalue weighted by Gasteiger charge is 2.08. The summed E-state index contributed by atoms with van der Waals surface area (Å²) >= 11 is 6.18. The summed E-state index contributed by atoms with van der Waals surface area (Å²) in [7, 11) is 0. The fourth-order valence-electron chi connectivity index (χ4n) is 2.19. The normalized spacial score (nSPS) is 10.6. The molecule has 0 aliphatic heterocycles. The predicted octanol–water partition coefficient (Wildman–Crippen LogP) is 4.85. The first-order valence-electron chi connectivity index (χ1n) is 7.30. The number of halogens is 1. The van der Waals surface area contributed by atoms with Crippen molar-refractivity contribution in [3.05, 3.63) is 53.6 Å². The Balaban J connectivity index is 2.01. The van der Waals surface area contributed by atoms with Crippen LogP contribution in [0.15, 0.2) is 48.5 Å². The second-order valence-corrected chi connectivity index (χ2v) is 5.35. The van der Waals surface area contributed by atoms with Crippen molar-refractivity contribution in [1.29, 1.82) is 0 Å². The average Bonchev–Trinajstić information content (AvgIpc) is 2.55. The van der Waals surface area contributed by atoms with E-state index in [-0.39, 0.29) is 0 Å². The van der Waals surface area contributed by atoms with E-state index in [9.17, 15) is 0 Å². The molecule has 0 radical (unpaired) electrons. The Kier molecular flexibility index (Phi) is 4.39. The minimum absolute atomic E-state index is 0.533. The van der Waals surface area contributed by atoms with Gasteiger partial charge in [0.1, 0.15) is 5.82 Å². The van der Waals surface area contributed by atoms with E-state index in [0.29, 0.717) is 11.0 Å². The third kappa shape index (κ3) is 3.12. The molecule has 22 heavy (non-hydrogen) atoms. The van der Waals surface area contributed by atoms with Crippen LogP contribution in [0.2, 0.25) is 5.02 Å². The van der Waals surface area contributed by atoms with Crippen LogP contribution in [0.5, 0.6) is 0 Å². The first-order chi connectivity index (χ1) is 10.8. The van der Waals surface area contributed by atoms with Crippen LogP contribution < -0.4 is 10.6 Å². The number of para-hydroxylation sites is 2. The number of rotatable bonds is 5. The third-order valence-corrected chi connectivity index (χ3v) is 3.60. The van der Waals surface area contributed by atoms with Crippen LogP contribution >= 0.6 is 11.6 Å². The number of nitrogens with one attached hydrogen (secondary N) is 2. The van der Waals surface area contributed by atoms with E-state index in [1.165, 1.54) is 0 Å². The summed E-state index contributed by atoms with van der Waals surface area (Å²) in [4.78, 5) is 9.14. The molecule has 112 valence electrons. The number of aromatic nitrogens is 2. The topological polar surface area (TPSA) is 49.8 Å². The fraction of sp³-hybridized carbons (Fsp3) is 0.176. The Morgan fingerprint density at radius 2 is 1.77 bits per heavy atom. The molecule has 0 atom stereocenters. The predicted molar refractivity (Wildman–Crippen MR) is 93.1 cm³/mol. The molecule has 0 amide bonds. The minimum atomic E-state index is 0.533. The number of hydrogen-bond donors (Lipinski definition) is 2. The van der Waals surface area contributed by atoms with Gasteiger partial charge in [-0.15, -0.1) is 0 Å². The lowest BCUT2D eigenvalue weighted by Crippen LogP contribution is -2.06. The smallest absolute Gasteiger partial charge is 0.229 e. The highest BCUT2D eigenvalue weighted by Crippen LogP contribution is 2.26. The van der Waals surface area contributed by atoms with Gasteiger partial charge < -0.3 is 10.6 Å². The van der Waals surface area contributed by atoms with Crippen molar-refractivity contribution in [3.63, 3.8) is 0 Å². The van der Waals surface area contributed by atoms with Crippen molar-refractivity contribution in [2.45, 2.75) is 13.3 Å². The van der Waals surface area contributed by atoms with Gasteiger partial charge in [-0.2, -0.15) is 4.98 Å². The lowest BCUT2D eigenvalue weighted by Gasteiger charge is -2.12. The SMILES string of the molecule is CCCNc1nc(Nc2ccccc2Cl)nc2ccccc12. The number of fused-ring (bicyclic) bond motifs is 1. The van der Waals surface area contributed by atoms with Gasteiger partial charge in [0, 0.05) is 11.9 Å². The first-order valence-corrected chi connectivity index (χ1v) is 7.68. The van der Waals surface area contributed by atoms with Crippen molar-refractivity contribution < 1.29 is 0 Å². The van der Waals surface area contributed by atoms with Crippen LogP contribution in [-0.2, 0) is 0 Å². The summed E-state index contributed by atoms with van der Waals surface area (Å²) < 4.78 is 0. The number of nitrogens with zero attached hydrogens (tertiary/aromatic N) is 2. The molecule has 1 aromatic heterocycles. The Hall–Kier alpha value is -2.33. The van der Waals surface area contributed by atoms with E-state index < -0.39 is 0 Å². The second kappa shape index (κ2) is 6.62. The van der Waals surface area contributed by atoms with Crippen LogP contribution in [0.1, 0.15) is 13.3 Å². The molecule has 0 aliphatic rings. The number of hydrogen-bond acceptors (Lipinski definition) is 4. The van der Waals surface area contributed by atoms with Gasteiger partial charge in [0.15, 0.2) is 0 Å². The lowest BCUT2D eigenvalue weighted by atomic mass is 10.2. The van der Waals surface area contributed by atoms with E-state index in [0.717, 1.165) is 35.4 Å². The Morgan fingerprint density at radius 1 is 1.00 bits per heavy atom. The monoisotopic (exact) mass is 312 g/mol. The van der Waals surface area contributed by atoms with Gasteiger partial charge >= 0.3 is 0 Å². The molecule has 3 aromatic rings. The zero-order valence-electron chi connectivity index (χ0n) is 12.3. The van der Waals surface area contributed by atoms with Gasteiger partial charge in [0.05, 0.1) is 16.2 Å². The molecule has 1 heterocycles. The first kappa shape index (κ1) is 14.6. The van der Waals surface area contributed by atoms with Gasteiger partial charge in [0.2, 0.25) is 5.95 Å². The van der Waals surface area contributed by atoms with E-state index in [2.05, 4.69) is 27.5 Å². The summed E-state index contributed by atoms with van der Waals surface area (Å²) in [6.45, 7) is 2.99. The van der Waals surface area contributed by atoms with Gasteiger partial charge in [-0.25, -0.2) is 4.98 Å².